The Hall–Kier alpha value is -2.25. The van der Waals surface area contributed by atoms with Gasteiger partial charge in [0.25, 0.3) is 0 Å². The minimum Gasteiger partial charge on any atom is -0.494 e. The van der Waals surface area contributed by atoms with Crippen molar-refractivity contribution in [1.29, 1.82) is 0 Å². The Kier molecular flexibility index (Phi) is 6.27. The van der Waals surface area contributed by atoms with E-state index >= 15 is 0 Å². The Morgan fingerprint density at radius 1 is 1.20 bits per heavy atom. The van der Waals surface area contributed by atoms with E-state index in [1.165, 1.54) is 0 Å². The summed E-state index contributed by atoms with van der Waals surface area (Å²) in [7, 11) is -3.65. The fraction of sp³-hybridized carbons (Fsp3) is 0.235. The molecule has 0 radical (unpaired) electrons. The van der Waals surface area contributed by atoms with Gasteiger partial charge in [-0.1, -0.05) is 23.7 Å². The van der Waals surface area contributed by atoms with E-state index in [2.05, 4.69) is 5.32 Å². The van der Waals surface area contributed by atoms with Crippen LogP contribution in [0.5, 0.6) is 5.75 Å². The molecule has 2 aromatic rings. The van der Waals surface area contributed by atoms with Crippen LogP contribution in [-0.4, -0.2) is 33.7 Å². The summed E-state index contributed by atoms with van der Waals surface area (Å²) >= 11 is 5.88. The number of carbonyl (C=O) groups excluding carboxylic acids is 1. The van der Waals surface area contributed by atoms with Gasteiger partial charge in [0, 0.05) is 16.8 Å². The maximum atomic E-state index is 12.3. The molecular formula is C17H19ClN2O4S. The zero-order valence-electron chi connectivity index (χ0n) is 13.9. The standard InChI is InChI=1S/C17H19ClN2O4S/c1-3-24-16-9-5-8-15(11-16)20(25(2,22)23)12-17(21)19-14-7-4-6-13(18)10-14/h4-11H,3,12H2,1-2H3,(H,19,21). The first-order valence-electron chi connectivity index (χ1n) is 7.55. The van der Waals surface area contributed by atoms with Gasteiger partial charge in [0.05, 0.1) is 18.6 Å². The topological polar surface area (TPSA) is 75.7 Å². The second-order valence-corrected chi connectivity index (χ2v) is 7.60. The highest BCUT2D eigenvalue weighted by molar-refractivity contribution is 7.92. The molecular weight excluding hydrogens is 364 g/mol. The number of anilines is 2. The zero-order chi connectivity index (χ0) is 18.4. The van der Waals surface area contributed by atoms with Gasteiger partial charge in [0.15, 0.2) is 0 Å². The van der Waals surface area contributed by atoms with Crippen molar-refractivity contribution in [2.75, 3.05) is 29.0 Å². The molecule has 134 valence electrons. The van der Waals surface area contributed by atoms with Crippen LogP contribution in [0.25, 0.3) is 0 Å². The number of rotatable bonds is 7. The summed E-state index contributed by atoms with van der Waals surface area (Å²) in [6.45, 7) is 1.93. The lowest BCUT2D eigenvalue weighted by molar-refractivity contribution is -0.114. The smallest absolute Gasteiger partial charge is 0.245 e. The molecule has 0 atom stereocenters. The van der Waals surface area contributed by atoms with Gasteiger partial charge in [-0.05, 0) is 37.3 Å². The summed E-state index contributed by atoms with van der Waals surface area (Å²) in [4.78, 5) is 12.3. The Bertz CT molecular complexity index is 855. The molecule has 0 unspecified atom stereocenters. The van der Waals surface area contributed by atoms with Crippen LogP contribution in [0.2, 0.25) is 5.02 Å². The average molecular weight is 383 g/mol. The second-order valence-electron chi connectivity index (χ2n) is 5.26. The molecule has 0 bridgehead atoms. The van der Waals surface area contributed by atoms with Gasteiger partial charge in [-0.3, -0.25) is 9.10 Å². The Morgan fingerprint density at radius 2 is 1.92 bits per heavy atom. The Labute approximate surface area is 152 Å². The summed E-state index contributed by atoms with van der Waals surface area (Å²) in [6, 6.07) is 13.2. The van der Waals surface area contributed by atoms with Crippen LogP contribution in [0.3, 0.4) is 0 Å². The van der Waals surface area contributed by atoms with E-state index < -0.39 is 15.9 Å². The van der Waals surface area contributed by atoms with Crippen LogP contribution in [-0.2, 0) is 14.8 Å². The third kappa shape index (κ3) is 5.65. The highest BCUT2D eigenvalue weighted by Crippen LogP contribution is 2.23. The van der Waals surface area contributed by atoms with Crippen LogP contribution in [0.1, 0.15) is 6.92 Å². The summed E-state index contributed by atoms with van der Waals surface area (Å²) in [6.07, 6.45) is 1.05. The third-order valence-electron chi connectivity index (χ3n) is 3.21. The maximum Gasteiger partial charge on any atom is 0.245 e. The molecule has 1 amide bonds. The van der Waals surface area contributed by atoms with E-state index in [1.54, 1.807) is 48.5 Å². The molecule has 0 fully saturated rings. The molecule has 2 aromatic carbocycles. The van der Waals surface area contributed by atoms with Gasteiger partial charge >= 0.3 is 0 Å². The first-order chi connectivity index (χ1) is 11.8. The number of hydrogen-bond donors (Lipinski definition) is 1. The molecule has 8 heteroatoms. The first-order valence-corrected chi connectivity index (χ1v) is 9.78. The zero-order valence-corrected chi connectivity index (χ0v) is 15.5. The van der Waals surface area contributed by atoms with Crippen molar-refractivity contribution in [3.63, 3.8) is 0 Å². The second kappa shape index (κ2) is 8.22. The van der Waals surface area contributed by atoms with Crippen LogP contribution < -0.4 is 14.4 Å². The number of hydrogen-bond acceptors (Lipinski definition) is 4. The number of carbonyl (C=O) groups is 1. The van der Waals surface area contributed by atoms with Crippen LogP contribution in [0.4, 0.5) is 11.4 Å². The number of nitrogens with one attached hydrogen (secondary N) is 1. The molecule has 6 nitrogen and oxygen atoms in total. The average Bonchev–Trinajstić information content (AvgIpc) is 2.52. The van der Waals surface area contributed by atoms with Gasteiger partial charge < -0.3 is 10.1 Å². The Morgan fingerprint density at radius 3 is 2.56 bits per heavy atom. The highest BCUT2D eigenvalue weighted by atomic mass is 35.5. The SMILES string of the molecule is CCOc1cccc(N(CC(=O)Nc2cccc(Cl)c2)S(C)(=O)=O)c1. The molecule has 0 spiro atoms. The van der Waals surface area contributed by atoms with Crippen molar-refractivity contribution in [1.82, 2.24) is 0 Å². The molecule has 0 saturated carbocycles. The fourth-order valence-electron chi connectivity index (χ4n) is 2.19. The minimum atomic E-state index is -3.65. The van der Waals surface area contributed by atoms with Crippen LogP contribution in [0, 0.1) is 0 Å². The molecule has 0 aliphatic carbocycles. The number of ether oxygens (including phenoxy) is 1. The molecule has 1 N–H and O–H groups in total. The van der Waals surface area contributed by atoms with Crippen LogP contribution in [0.15, 0.2) is 48.5 Å². The van der Waals surface area contributed by atoms with Gasteiger partial charge in [0.2, 0.25) is 15.9 Å². The van der Waals surface area contributed by atoms with E-state index in [1.807, 2.05) is 6.92 Å². The molecule has 0 saturated heterocycles. The predicted octanol–water partition coefficient (Wildman–Crippen LogP) is 3.14. The summed E-state index contributed by atoms with van der Waals surface area (Å²) in [5, 5.41) is 3.11. The Balaban J connectivity index is 2.21. The van der Waals surface area contributed by atoms with E-state index in [4.69, 9.17) is 16.3 Å². The van der Waals surface area contributed by atoms with Gasteiger partial charge in [0.1, 0.15) is 12.3 Å². The van der Waals surface area contributed by atoms with E-state index in [-0.39, 0.29) is 6.54 Å². The fourth-order valence-corrected chi connectivity index (χ4v) is 3.23. The van der Waals surface area contributed by atoms with E-state index in [0.29, 0.717) is 28.8 Å². The summed E-state index contributed by atoms with van der Waals surface area (Å²) in [5.74, 6) is 0.0541. The van der Waals surface area contributed by atoms with Gasteiger partial charge in [-0.15, -0.1) is 0 Å². The molecule has 2 rings (SSSR count). The predicted molar refractivity (Wildman–Crippen MR) is 99.9 cm³/mol. The minimum absolute atomic E-state index is 0.356. The van der Waals surface area contributed by atoms with Crippen molar-refractivity contribution in [2.45, 2.75) is 6.92 Å². The van der Waals surface area contributed by atoms with Crippen molar-refractivity contribution in [3.8, 4) is 5.75 Å². The van der Waals surface area contributed by atoms with E-state index in [0.717, 1.165) is 10.6 Å². The lowest BCUT2D eigenvalue weighted by atomic mass is 10.3. The molecule has 0 aromatic heterocycles. The number of amides is 1. The number of halogens is 1. The summed E-state index contributed by atoms with van der Waals surface area (Å²) < 4.78 is 30.7. The van der Waals surface area contributed by atoms with Crippen LogP contribution >= 0.6 is 11.6 Å². The number of nitrogens with zero attached hydrogens (tertiary/aromatic N) is 1. The number of sulfonamides is 1. The van der Waals surface area contributed by atoms with E-state index in [9.17, 15) is 13.2 Å². The summed E-state index contributed by atoms with van der Waals surface area (Å²) in [5.41, 5.74) is 0.851. The van der Waals surface area contributed by atoms with Crippen molar-refractivity contribution < 1.29 is 17.9 Å². The molecule has 0 heterocycles. The molecule has 0 aliphatic rings. The molecule has 0 aliphatic heterocycles. The highest BCUT2D eigenvalue weighted by Gasteiger charge is 2.21. The number of benzene rings is 2. The lowest BCUT2D eigenvalue weighted by Gasteiger charge is -2.22. The first kappa shape index (κ1) is 19.1. The van der Waals surface area contributed by atoms with Gasteiger partial charge in [-0.25, -0.2) is 8.42 Å². The quantitative estimate of drug-likeness (QED) is 0.798. The normalized spacial score (nSPS) is 11.0. The van der Waals surface area contributed by atoms with Crippen molar-refractivity contribution in [2.24, 2.45) is 0 Å². The van der Waals surface area contributed by atoms with Crippen molar-refractivity contribution >= 4 is 38.9 Å². The monoisotopic (exact) mass is 382 g/mol. The van der Waals surface area contributed by atoms with Gasteiger partial charge in [-0.2, -0.15) is 0 Å². The lowest BCUT2D eigenvalue weighted by Crippen LogP contribution is -2.37. The largest absolute Gasteiger partial charge is 0.494 e. The third-order valence-corrected chi connectivity index (χ3v) is 4.59. The molecule has 25 heavy (non-hydrogen) atoms. The van der Waals surface area contributed by atoms with Crippen molar-refractivity contribution in [3.05, 3.63) is 53.6 Å². The maximum absolute atomic E-state index is 12.3.